The van der Waals surface area contributed by atoms with E-state index in [1.165, 1.54) is 0 Å². The largest absolute Gasteiger partial charge is 0.512 e. The van der Waals surface area contributed by atoms with Gasteiger partial charge in [0.1, 0.15) is 17.3 Å². The maximum absolute atomic E-state index is 13.2. The average Bonchev–Trinajstić information content (AvgIpc) is 2.65. The van der Waals surface area contributed by atoms with Gasteiger partial charge in [-0.1, -0.05) is 39.8 Å². The predicted molar refractivity (Wildman–Crippen MR) is 127 cm³/mol. The number of carbonyl (C=O) groups is 3. The molecule has 1 aromatic carbocycles. The Kier molecular flexibility index (Phi) is 6.69. The van der Waals surface area contributed by atoms with Crippen LogP contribution in [-0.4, -0.2) is 35.5 Å². The number of aliphatic hydroxyl groups excluding tert-OH is 1. The maximum Gasteiger partial charge on any atom is 0.163 e. The summed E-state index contributed by atoms with van der Waals surface area (Å²) >= 11 is 0. The van der Waals surface area contributed by atoms with Gasteiger partial charge in [0.15, 0.2) is 5.78 Å². The quantitative estimate of drug-likeness (QED) is 0.601. The summed E-state index contributed by atoms with van der Waals surface area (Å²) in [5, 5.41) is 11.0. The molecule has 3 rings (SSSR count). The predicted octanol–water partition coefficient (Wildman–Crippen LogP) is 5.39. The fourth-order valence-corrected chi connectivity index (χ4v) is 5.44. The first-order chi connectivity index (χ1) is 14.9. The molecule has 2 aliphatic carbocycles. The van der Waals surface area contributed by atoms with E-state index in [0.717, 1.165) is 24.3 Å². The molecule has 0 heterocycles. The molecule has 5 nitrogen and oxygen atoms in total. The van der Waals surface area contributed by atoms with E-state index in [2.05, 4.69) is 18.7 Å². The molecular weight excluding hydrogens is 402 g/mol. The standard InChI is InChI=1S/C27H37NO4/c1-7-28(8-2)18-11-9-17(10-12-18)23(24-19(29)13-26(3,4)14-20(24)30)25-21(31)15-27(5,6)16-22(25)32/h9-12,23-24,31H,7-8,13-16H2,1-6H3/t23-/m1/s1. The molecule has 2 aliphatic rings. The van der Waals surface area contributed by atoms with E-state index >= 15 is 0 Å². The van der Waals surface area contributed by atoms with Crippen LogP contribution < -0.4 is 4.90 Å². The Balaban J connectivity index is 2.12. The Bertz CT molecular complexity index is 915. The molecule has 0 unspecified atom stereocenters. The first kappa shape index (κ1) is 24.2. The van der Waals surface area contributed by atoms with Gasteiger partial charge in [-0.3, -0.25) is 14.4 Å². The molecule has 0 aromatic heterocycles. The lowest BCUT2D eigenvalue weighted by molar-refractivity contribution is -0.140. The molecule has 1 atom stereocenters. The third kappa shape index (κ3) is 4.82. The molecule has 0 spiro atoms. The van der Waals surface area contributed by atoms with Gasteiger partial charge in [-0.2, -0.15) is 0 Å². The minimum absolute atomic E-state index is 0.0227. The number of rotatable bonds is 6. The van der Waals surface area contributed by atoms with Crippen molar-refractivity contribution < 1.29 is 19.5 Å². The minimum Gasteiger partial charge on any atom is -0.512 e. The Hall–Kier alpha value is -2.43. The highest BCUT2D eigenvalue weighted by Gasteiger charge is 2.48. The number of aliphatic hydroxyl groups is 1. The van der Waals surface area contributed by atoms with Gasteiger partial charge in [-0.05, 0) is 42.4 Å². The third-order valence-electron chi connectivity index (χ3n) is 6.92. The van der Waals surface area contributed by atoms with E-state index in [0.29, 0.717) is 25.7 Å². The van der Waals surface area contributed by atoms with E-state index in [9.17, 15) is 19.5 Å². The van der Waals surface area contributed by atoms with E-state index in [1.807, 2.05) is 52.0 Å². The van der Waals surface area contributed by atoms with Crippen molar-refractivity contribution in [3.05, 3.63) is 41.2 Å². The number of nitrogens with zero attached hydrogens (tertiary/aromatic N) is 1. The number of hydrogen-bond donors (Lipinski definition) is 1. The van der Waals surface area contributed by atoms with Crippen LogP contribution in [0.1, 0.15) is 78.7 Å². The van der Waals surface area contributed by atoms with Crippen LogP contribution in [0.15, 0.2) is 35.6 Å². The molecular formula is C27H37NO4. The highest BCUT2D eigenvalue weighted by Crippen LogP contribution is 2.47. The molecule has 1 N–H and O–H groups in total. The number of benzene rings is 1. The highest BCUT2D eigenvalue weighted by molar-refractivity contribution is 6.09. The van der Waals surface area contributed by atoms with Crippen LogP contribution in [0, 0.1) is 16.7 Å². The van der Waals surface area contributed by atoms with E-state index in [1.54, 1.807) is 0 Å². The second-order valence-corrected chi connectivity index (χ2v) is 11.0. The summed E-state index contributed by atoms with van der Waals surface area (Å²) in [6.45, 7) is 13.7. The van der Waals surface area contributed by atoms with Crippen LogP contribution >= 0.6 is 0 Å². The monoisotopic (exact) mass is 439 g/mol. The van der Waals surface area contributed by atoms with Gasteiger partial charge in [0.05, 0.1) is 5.92 Å². The van der Waals surface area contributed by atoms with Crippen molar-refractivity contribution in [3.8, 4) is 0 Å². The van der Waals surface area contributed by atoms with Crippen molar-refractivity contribution in [3.63, 3.8) is 0 Å². The Morgan fingerprint density at radius 3 is 1.84 bits per heavy atom. The average molecular weight is 440 g/mol. The highest BCUT2D eigenvalue weighted by atomic mass is 16.3. The molecule has 1 fully saturated rings. The summed E-state index contributed by atoms with van der Waals surface area (Å²) in [7, 11) is 0. The SMILES string of the molecule is CCN(CC)c1ccc([C@@H](C2=C(O)CC(C)(C)CC2=O)C2C(=O)CC(C)(C)CC2=O)cc1. The Morgan fingerprint density at radius 2 is 1.38 bits per heavy atom. The van der Waals surface area contributed by atoms with Crippen LogP contribution in [0.3, 0.4) is 0 Å². The zero-order chi connectivity index (χ0) is 23.8. The van der Waals surface area contributed by atoms with Gasteiger partial charge in [0.25, 0.3) is 0 Å². The van der Waals surface area contributed by atoms with Crippen molar-refractivity contribution in [1.82, 2.24) is 0 Å². The van der Waals surface area contributed by atoms with Crippen molar-refractivity contribution >= 4 is 23.0 Å². The van der Waals surface area contributed by atoms with E-state index in [-0.39, 0.29) is 39.5 Å². The molecule has 0 radical (unpaired) electrons. The van der Waals surface area contributed by atoms with Crippen molar-refractivity contribution in [2.45, 2.75) is 73.1 Å². The molecule has 0 saturated heterocycles. The number of ketones is 3. The molecule has 0 aliphatic heterocycles. The molecule has 1 aromatic rings. The zero-order valence-corrected chi connectivity index (χ0v) is 20.3. The maximum atomic E-state index is 13.2. The number of carbonyl (C=O) groups excluding carboxylic acids is 3. The lowest BCUT2D eigenvalue weighted by Crippen LogP contribution is -2.43. The minimum atomic E-state index is -0.926. The number of Topliss-reactive ketones (excluding diaryl/α,β-unsaturated/α-hetero) is 3. The molecule has 1 saturated carbocycles. The fraction of sp³-hybridized carbons (Fsp3) is 0.593. The second-order valence-electron chi connectivity index (χ2n) is 11.0. The third-order valence-corrected chi connectivity index (χ3v) is 6.92. The summed E-state index contributed by atoms with van der Waals surface area (Å²) < 4.78 is 0. The normalized spacial score (nSPS) is 22.2. The van der Waals surface area contributed by atoms with Crippen LogP contribution in [0.5, 0.6) is 0 Å². The van der Waals surface area contributed by atoms with Crippen LogP contribution in [0.4, 0.5) is 5.69 Å². The second kappa shape index (κ2) is 8.84. The summed E-state index contributed by atoms with van der Waals surface area (Å²) in [6.07, 6.45) is 1.25. The fourth-order valence-electron chi connectivity index (χ4n) is 5.44. The van der Waals surface area contributed by atoms with Crippen molar-refractivity contribution in [2.75, 3.05) is 18.0 Å². The molecule has 5 heteroatoms. The van der Waals surface area contributed by atoms with Crippen LogP contribution in [0.25, 0.3) is 0 Å². The summed E-state index contributed by atoms with van der Waals surface area (Å²) in [5.41, 5.74) is 1.32. The van der Waals surface area contributed by atoms with E-state index < -0.39 is 11.8 Å². The molecule has 0 bridgehead atoms. The molecule has 174 valence electrons. The van der Waals surface area contributed by atoms with Crippen molar-refractivity contribution in [2.24, 2.45) is 16.7 Å². The van der Waals surface area contributed by atoms with Gasteiger partial charge in [0.2, 0.25) is 0 Å². The topological polar surface area (TPSA) is 74.7 Å². The van der Waals surface area contributed by atoms with Gasteiger partial charge in [-0.25, -0.2) is 0 Å². The van der Waals surface area contributed by atoms with Crippen LogP contribution in [0.2, 0.25) is 0 Å². The summed E-state index contributed by atoms with van der Waals surface area (Å²) in [5.74, 6) is -2.08. The zero-order valence-electron chi connectivity index (χ0n) is 20.3. The van der Waals surface area contributed by atoms with Crippen LogP contribution in [-0.2, 0) is 14.4 Å². The lowest BCUT2D eigenvalue weighted by Gasteiger charge is -2.39. The number of allylic oxidation sites excluding steroid dienone is 2. The number of hydrogen-bond acceptors (Lipinski definition) is 5. The van der Waals surface area contributed by atoms with Crippen molar-refractivity contribution in [1.29, 1.82) is 0 Å². The number of anilines is 1. The van der Waals surface area contributed by atoms with Gasteiger partial charge in [0, 0.05) is 56.0 Å². The first-order valence-electron chi connectivity index (χ1n) is 11.7. The Labute approximate surface area is 191 Å². The summed E-state index contributed by atoms with van der Waals surface area (Å²) in [4.78, 5) is 41.9. The van der Waals surface area contributed by atoms with Gasteiger partial charge in [-0.15, -0.1) is 0 Å². The van der Waals surface area contributed by atoms with E-state index in [4.69, 9.17) is 0 Å². The first-order valence-corrected chi connectivity index (χ1v) is 11.7. The smallest absolute Gasteiger partial charge is 0.163 e. The van der Waals surface area contributed by atoms with Gasteiger partial charge < -0.3 is 10.0 Å². The van der Waals surface area contributed by atoms with Gasteiger partial charge >= 0.3 is 0 Å². The molecule has 32 heavy (non-hydrogen) atoms. The Morgan fingerprint density at radius 1 is 0.875 bits per heavy atom. The molecule has 0 amide bonds. The lowest BCUT2D eigenvalue weighted by atomic mass is 9.62. The summed E-state index contributed by atoms with van der Waals surface area (Å²) in [6, 6.07) is 7.77.